The van der Waals surface area contributed by atoms with Crippen LogP contribution in [-0.2, 0) is 4.79 Å². The molecule has 2 unspecified atom stereocenters. The van der Waals surface area contributed by atoms with Crippen LogP contribution in [0.25, 0.3) is 0 Å². The second kappa shape index (κ2) is 5.29. The fourth-order valence-electron chi connectivity index (χ4n) is 2.86. The number of hydrogen-bond acceptors (Lipinski definition) is 3. The molecule has 2 atom stereocenters. The fourth-order valence-corrected chi connectivity index (χ4v) is 2.86. The summed E-state index contributed by atoms with van der Waals surface area (Å²) in [5, 5.41) is 2.94. The van der Waals surface area contributed by atoms with Gasteiger partial charge in [0, 0.05) is 5.69 Å². The Hall–Kier alpha value is -1.42. The smallest absolute Gasteiger partial charge is 0.244 e. The van der Waals surface area contributed by atoms with Crippen molar-refractivity contribution < 1.29 is 4.79 Å². The Balaban J connectivity index is 2.12. The molecule has 104 valence electrons. The molecule has 1 fully saturated rings. The minimum atomic E-state index is -0.727. The number of amides is 1. The third kappa shape index (κ3) is 3.13. The van der Waals surface area contributed by atoms with Gasteiger partial charge in [0.1, 0.15) is 0 Å². The molecule has 19 heavy (non-hydrogen) atoms. The van der Waals surface area contributed by atoms with E-state index in [9.17, 15) is 4.79 Å². The number of carbonyl (C=O) groups is 1. The Morgan fingerprint density at radius 3 is 2.84 bits per heavy atom. The van der Waals surface area contributed by atoms with Gasteiger partial charge < -0.3 is 11.1 Å². The summed E-state index contributed by atoms with van der Waals surface area (Å²) >= 11 is 0. The van der Waals surface area contributed by atoms with Crippen molar-refractivity contribution in [1.29, 1.82) is 0 Å². The summed E-state index contributed by atoms with van der Waals surface area (Å²) in [4.78, 5) is 16.8. The van der Waals surface area contributed by atoms with Crippen LogP contribution < -0.4 is 11.1 Å². The summed E-state index contributed by atoms with van der Waals surface area (Å²) in [6.45, 7) is 5.99. The molecule has 1 aliphatic carbocycles. The lowest BCUT2D eigenvalue weighted by molar-refractivity contribution is -0.122. The van der Waals surface area contributed by atoms with Gasteiger partial charge in [0.25, 0.3) is 0 Å². The molecule has 2 rings (SSSR count). The maximum atomic E-state index is 12.4. The number of anilines is 1. The Morgan fingerprint density at radius 1 is 1.47 bits per heavy atom. The number of carbonyl (C=O) groups excluding carboxylic acids is 1. The lowest BCUT2D eigenvalue weighted by atomic mass is 9.76. The number of aromatic nitrogens is 1. The molecule has 1 amide bonds. The highest BCUT2D eigenvalue weighted by atomic mass is 16.2. The first-order chi connectivity index (χ1) is 8.90. The van der Waals surface area contributed by atoms with Crippen LogP contribution in [0.4, 0.5) is 5.69 Å². The predicted molar refractivity (Wildman–Crippen MR) is 76.9 cm³/mol. The predicted octanol–water partition coefficient (Wildman–Crippen LogP) is 2.54. The molecule has 4 heteroatoms. The number of hydrogen-bond donors (Lipinski definition) is 2. The van der Waals surface area contributed by atoms with Crippen LogP contribution in [0.5, 0.6) is 0 Å². The maximum absolute atomic E-state index is 12.4. The summed E-state index contributed by atoms with van der Waals surface area (Å²) in [5.41, 5.74) is 8.11. The van der Waals surface area contributed by atoms with Crippen molar-refractivity contribution >= 4 is 11.6 Å². The van der Waals surface area contributed by atoms with Gasteiger partial charge in [-0.1, -0.05) is 19.8 Å². The summed E-state index contributed by atoms with van der Waals surface area (Å²) < 4.78 is 0. The Bertz CT molecular complexity index is 486. The standard InChI is InChI=1S/C15H23N3O/c1-10-5-4-8-15(16,9-10)14(19)18-13-7-6-11(2)17-12(13)3/h6-7,10H,4-5,8-9,16H2,1-3H3,(H,18,19). The van der Waals surface area contributed by atoms with Gasteiger partial charge in [-0.15, -0.1) is 0 Å². The van der Waals surface area contributed by atoms with E-state index in [1.54, 1.807) is 0 Å². The number of rotatable bonds is 2. The normalized spacial score (nSPS) is 27.1. The van der Waals surface area contributed by atoms with Crippen molar-refractivity contribution in [2.45, 2.75) is 52.0 Å². The van der Waals surface area contributed by atoms with Crippen LogP contribution in [0, 0.1) is 19.8 Å². The van der Waals surface area contributed by atoms with E-state index in [1.165, 1.54) is 0 Å². The zero-order valence-corrected chi connectivity index (χ0v) is 12.0. The molecule has 1 aliphatic rings. The largest absolute Gasteiger partial charge is 0.323 e. The molecule has 0 aliphatic heterocycles. The topological polar surface area (TPSA) is 68.0 Å². The van der Waals surface area contributed by atoms with Crippen molar-refractivity contribution in [2.24, 2.45) is 11.7 Å². The van der Waals surface area contributed by atoms with Crippen LogP contribution >= 0.6 is 0 Å². The van der Waals surface area contributed by atoms with Gasteiger partial charge in [-0.3, -0.25) is 9.78 Å². The van der Waals surface area contributed by atoms with Crippen molar-refractivity contribution in [1.82, 2.24) is 4.98 Å². The molecule has 1 heterocycles. The highest BCUT2D eigenvalue weighted by molar-refractivity contribution is 5.98. The van der Waals surface area contributed by atoms with Gasteiger partial charge in [-0.05, 0) is 44.7 Å². The lowest BCUT2D eigenvalue weighted by Gasteiger charge is -2.35. The molecule has 4 nitrogen and oxygen atoms in total. The molecule has 0 bridgehead atoms. The first-order valence-electron chi connectivity index (χ1n) is 6.95. The average molecular weight is 261 g/mol. The second-order valence-electron chi connectivity index (χ2n) is 5.90. The fraction of sp³-hybridized carbons (Fsp3) is 0.600. The third-order valence-corrected chi connectivity index (χ3v) is 3.96. The van der Waals surface area contributed by atoms with E-state index in [0.717, 1.165) is 42.8 Å². The number of nitrogens with two attached hydrogens (primary N) is 1. The number of nitrogens with one attached hydrogen (secondary N) is 1. The van der Waals surface area contributed by atoms with Crippen molar-refractivity contribution in [3.05, 3.63) is 23.5 Å². The first kappa shape index (κ1) is 14.0. The Labute approximate surface area is 114 Å². The quantitative estimate of drug-likeness (QED) is 0.859. The molecule has 1 saturated carbocycles. The van der Waals surface area contributed by atoms with Crippen LogP contribution in [0.3, 0.4) is 0 Å². The van der Waals surface area contributed by atoms with Crippen LogP contribution in [0.1, 0.15) is 44.0 Å². The first-order valence-corrected chi connectivity index (χ1v) is 6.95. The highest BCUT2D eigenvalue weighted by Crippen LogP contribution is 2.31. The molecule has 0 radical (unpaired) electrons. The van der Waals surface area contributed by atoms with Crippen LogP contribution in [-0.4, -0.2) is 16.4 Å². The molecule has 0 spiro atoms. The maximum Gasteiger partial charge on any atom is 0.244 e. The zero-order valence-electron chi connectivity index (χ0n) is 12.0. The minimum absolute atomic E-state index is 0.0761. The molecular formula is C15H23N3O. The van der Waals surface area contributed by atoms with Gasteiger partial charge in [0.05, 0.1) is 16.9 Å². The summed E-state index contributed by atoms with van der Waals surface area (Å²) in [6.07, 6.45) is 3.71. The van der Waals surface area contributed by atoms with E-state index in [-0.39, 0.29) is 5.91 Å². The van der Waals surface area contributed by atoms with E-state index in [2.05, 4.69) is 17.2 Å². The number of nitrogens with zero attached hydrogens (tertiary/aromatic N) is 1. The van der Waals surface area contributed by atoms with E-state index in [0.29, 0.717) is 5.92 Å². The number of pyridine rings is 1. The van der Waals surface area contributed by atoms with Crippen LogP contribution in [0.15, 0.2) is 12.1 Å². The minimum Gasteiger partial charge on any atom is -0.323 e. The Morgan fingerprint density at radius 2 is 2.21 bits per heavy atom. The monoisotopic (exact) mass is 261 g/mol. The zero-order chi connectivity index (χ0) is 14.0. The number of aryl methyl sites for hydroxylation is 2. The molecular weight excluding hydrogens is 238 g/mol. The lowest BCUT2D eigenvalue weighted by Crippen LogP contribution is -2.53. The molecule has 0 saturated heterocycles. The van der Waals surface area contributed by atoms with Crippen molar-refractivity contribution in [3.8, 4) is 0 Å². The van der Waals surface area contributed by atoms with Gasteiger partial charge in [0.2, 0.25) is 5.91 Å². The summed E-state index contributed by atoms with van der Waals surface area (Å²) in [5.74, 6) is 0.439. The second-order valence-corrected chi connectivity index (χ2v) is 5.90. The average Bonchev–Trinajstić information content (AvgIpc) is 2.32. The van der Waals surface area contributed by atoms with Gasteiger partial charge >= 0.3 is 0 Å². The highest BCUT2D eigenvalue weighted by Gasteiger charge is 2.38. The van der Waals surface area contributed by atoms with E-state index in [4.69, 9.17) is 5.73 Å². The van der Waals surface area contributed by atoms with Gasteiger partial charge in [-0.25, -0.2) is 0 Å². The van der Waals surface area contributed by atoms with Crippen molar-refractivity contribution in [3.63, 3.8) is 0 Å². The third-order valence-electron chi connectivity index (χ3n) is 3.96. The van der Waals surface area contributed by atoms with E-state index < -0.39 is 5.54 Å². The molecule has 0 aromatic carbocycles. The molecule has 1 aromatic rings. The molecule has 3 N–H and O–H groups in total. The van der Waals surface area contributed by atoms with Gasteiger partial charge in [-0.2, -0.15) is 0 Å². The van der Waals surface area contributed by atoms with E-state index in [1.807, 2.05) is 26.0 Å². The summed E-state index contributed by atoms with van der Waals surface area (Å²) in [6, 6.07) is 3.79. The van der Waals surface area contributed by atoms with Crippen LogP contribution in [0.2, 0.25) is 0 Å². The van der Waals surface area contributed by atoms with Gasteiger partial charge in [0.15, 0.2) is 0 Å². The molecule has 1 aromatic heterocycles. The Kier molecular flexibility index (Phi) is 3.90. The van der Waals surface area contributed by atoms with Crippen molar-refractivity contribution in [2.75, 3.05) is 5.32 Å². The SMILES string of the molecule is Cc1ccc(NC(=O)C2(N)CCCC(C)C2)c(C)n1. The summed E-state index contributed by atoms with van der Waals surface area (Å²) in [7, 11) is 0. The van der Waals surface area contributed by atoms with E-state index >= 15 is 0 Å².